The Kier molecular flexibility index (Phi) is 4.47. The van der Waals surface area contributed by atoms with E-state index in [9.17, 15) is 9.59 Å². The molecule has 3 rings (SSSR count). The molecule has 0 aromatic heterocycles. The Morgan fingerprint density at radius 2 is 1.92 bits per heavy atom. The van der Waals surface area contributed by atoms with Crippen LogP contribution in [0.25, 0.3) is 0 Å². The lowest BCUT2D eigenvalue weighted by molar-refractivity contribution is -0.115. The minimum absolute atomic E-state index is 0.0327. The van der Waals surface area contributed by atoms with E-state index in [2.05, 4.69) is 11.4 Å². The fourth-order valence-electron chi connectivity index (χ4n) is 2.26. The van der Waals surface area contributed by atoms with Gasteiger partial charge in [0.1, 0.15) is 12.5 Å². The number of hydrogen-bond donors (Lipinski definition) is 2. The monoisotopic (exact) mass is 325 g/mol. The van der Waals surface area contributed by atoms with E-state index in [4.69, 9.17) is 14.6 Å². The van der Waals surface area contributed by atoms with Crippen LogP contribution in [0, 0.1) is 0 Å². The lowest BCUT2D eigenvalue weighted by Gasteiger charge is -2.19. The highest BCUT2D eigenvalue weighted by atomic mass is 16.5. The van der Waals surface area contributed by atoms with Crippen molar-refractivity contribution in [2.24, 2.45) is 0 Å². The number of benzene rings is 1. The number of carbonyl (C=O) groups is 2. The van der Waals surface area contributed by atoms with Crippen LogP contribution >= 0.6 is 0 Å². The Morgan fingerprint density at radius 1 is 1.12 bits per heavy atom. The van der Waals surface area contributed by atoms with Crippen molar-refractivity contribution in [3.8, 4) is 0 Å². The predicted molar refractivity (Wildman–Crippen MR) is 86.8 cm³/mol. The smallest absolute Gasteiger partial charge is 0.335 e. The number of rotatable bonds is 4. The maximum atomic E-state index is 12.3. The second-order valence-corrected chi connectivity index (χ2v) is 5.20. The SMILES string of the molecule is O=C(Nc1ccc(C(=O)O)cc1)C1=COC=C(C2=CC=CCC2)O1. The van der Waals surface area contributed by atoms with Gasteiger partial charge in [-0.15, -0.1) is 0 Å². The molecule has 0 bridgehead atoms. The normalized spacial score (nSPS) is 16.1. The Bertz CT molecular complexity index is 784. The summed E-state index contributed by atoms with van der Waals surface area (Å²) in [6.45, 7) is 0. The number of hydrogen-bond acceptors (Lipinski definition) is 4. The molecule has 0 fully saturated rings. The molecule has 2 N–H and O–H groups in total. The summed E-state index contributed by atoms with van der Waals surface area (Å²) in [4.78, 5) is 23.1. The fraction of sp³-hybridized carbons (Fsp3) is 0.111. The number of anilines is 1. The van der Waals surface area contributed by atoms with Gasteiger partial charge in [0, 0.05) is 5.69 Å². The number of allylic oxidation sites excluding steroid dienone is 4. The van der Waals surface area contributed by atoms with Gasteiger partial charge >= 0.3 is 5.97 Å². The zero-order valence-corrected chi connectivity index (χ0v) is 12.7. The molecule has 0 radical (unpaired) electrons. The summed E-state index contributed by atoms with van der Waals surface area (Å²) in [6.07, 6.45) is 10.3. The van der Waals surface area contributed by atoms with Crippen molar-refractivity contribution in [2.75, 3.05) is 5.32 Å². The molecule has 1 aromatic carbocycles. The van der Waals surface area contributed by atoms with E-state index in [-0.39, 0.29) is 11.3 Å². The Morgan fingerprint density at radius 3 is 2.58 bits per heavy atom. The van der Waals surface area contributed by atoms with E-state index in [0.717, 1.165) is 18.4 Å². The molecular weight excluding hydrogens is 310 g/mol. The first-order valence-electron chi connectivity index (χ1n) is 7.38. The van der Waals surface area contributed by atoms with Gasteiger partial charge in [-0.25, -0.2) is 4.79 Å². The van der Waals surface area contributed by atoms with Crippen molar-refractivity contribution in [1.82, 2.24) is 0 Å². The Balaban J connectivity index is 1.65. The van der Waals surface area contributed by atoms with Crippen LogP contribution in [0.1, 0.15) is 23.2 Å². The van der Waals surface area contributed by atoms with E-state index >= 15 is 0 Å². The maximum absolute atomic E-state index is 12.3. The number of ether oxygens (including phenoxy) is 2. The average molecular weight is 325 g/mol. The molecule has 1 heterocycles. The molecule has 24 heavy (non-hydrogen) atoms. The van der Waals surface area contributed by atoms with Crippen LogP contribution < -0.4 is 5.32 Å². The molecule has 6 nitrogen and oxygen atoms in total. The second kappa shape index (κ2) is 6.87. The zero-order valence-electron chi connectivity index (χ0n) is 12.7. The van der Waals surface area contributed by atoms with Gasteiger partial charge in [0.15, 0.2) is 5.76 Å². The predicted octanol–water partition coefficient (Wildman–Crippen LogP) is 3.33. The van der Waals surface area contributed by atoms with Crippen LogP contribution in [0.5, 0.6) is 0 Å². The molecule has 0 saturated heterocycles. The number of amides is 1. The molecular formula is C18H15NO5. The van der Waals surface area contributed by atoms with Crippen molar-refractivity contribution in [3.05, 3.63) is 77.7 Å². The van der Waals surface area contributed by atoms with Gasteiger partial charge < -0.3 is 19.9 Å². The van der Waals surface area contributed by atoms with E-state index in [1.54, 1.807) is 0 Å². The van der Waals surface area contributed by atoms with Crippen LogP contribution in [-0.2, 0) is 14.3 Å². The summed E-state index contributed by atoms with van der Waals surface area (Å²) in [5, 5.41) is 11.5. The van der Waals surface area contributed by atoms with Crippen LogP contribution in [0.4, 0.5) is 5.69 Å². The largest absolute Gasteiger partial charge is 0.478 e. The number of carboxylic acids is 1. The maximum Gasteiger partial charge on any atom is 0.335 e. The topological polar surface area (TPSA) is 84.9 Å². The van der Waals surface area contributed by atoms with Crippen molar-refractivity contribution in [3.63, 3.8) is 0 Å². The molecule has 0 spiro atoms. The number of carbonyl (C=O) groups excluding carboxylic acids is 1. The third kappa shape index (κ3) is 3.55. The van der Waals surface area contributed by atoms with Crippen LogP contribution in [0.2, 0.25) is 0 Å². The van der Waals surface area contributed by atoms with Gasteiger partial charge in [-0.05, 0) is 42.7 Å². The number of aromatic carboxylic acids is 1. The average Bonchev–Trinajstić information content (AvgIpc) is 2.63. The lowest BCUT2D eigenvalue weighted by atomic mass is 10.0. The van der Waals surface area contributed by atoms with Crippen molar-refractivity contribution in [1.29, 1.82) is 0 Å². The summed E-state index contributed by atoms with van der Waals surface area (Å²) in [5.41, 5.74) is 1.57. The highest BCUT2D eigenvalue weighted by molar-refractivity contribution is 6.02. The van der Waals surface area contributed by atoms with Gasteiger partial charge in [-0.2, -0.15) is 0 Å². The van der Waals surface area contributed by atoms with Gasteiger partial charge in [0.2, 0.25) is 5.76 Å². The van der Waals surface area contributed by atoms with Crippen LogP contribution in [0.3, 0.4) is 0 Å². The minimum atomic E-state index is -1.02. The fourth-order valence-corrected chi connectivity index (χ4v) is 2.26. The summed E-state index contributed by atoms with van der Waals surface area (Å²) in [5.74, 6) is -0.960. The minimum Gasteiger partial charge on any atom is -0.478 e. The summed E-state index contributed by atoms with van der Waals surface area (Å²) < 4.78 is 10.8. The third-order valence-corrected chi connectivity index (χ3v) is 3.51. The summed E-state index contributed by atoms with van der Waals surface area (Å²) in [7, 11) is 0. The van der Waals surface area contributed by atoms with Crippen LogP contribution in [-0.4, -0.2) is 17.0 Å². The molecule has 1 amide bonds. The van der Waals surface area contributed by atoms with Crippen molar-refractivity contribution < 1.29 is 24.2 Å². The van der Waals surface area contributed by atoms with E-state index in [1.807, 2.05) is 12.2 Å². The molecule has 0 atom stereocenters. The van der Waals surface area contributed by atoms with E-state index in [1.165, 1.54) is 36.8 Å². The highest BCUT2D eigenvalue weighted by Gasteiger charge is 2.20. The van der Waals surface area contributed by atoms with Gasteiger partial charge in [-0.1, -0.05) is 18.2 Å². The molecule has 6 heteroatoms. The number of carboxylic acid groups (broad SMARTS) is 1. The first-order valence-corrected chi connectivity index (χ1v) is 7.38. The molecule has 1 aliphatic carbocycles. The first kappa shape index (κ1) is 15.6. The summed E-state index contributed by atoms with van der Waals surface area (Å²) in [6, 6.07) is 5.84. The number of nitrogens with one attached hydrogen (secondary N) is 1. The van der Waals surface area contributed by atoms with E-state index in [0.29, 0.717) is 11.4 Å². The van der Waals surface area contributed by atoms with Crippen molar-refractivity contribution >= 4 is 17.6 Å². The van der Waals surface area contributed by atoms with Crippen LogP contribution in [0.15, 0.2) is 72.1 Å². The van der Waals surface area contributed by atoms with E-state index < -0.39 is 11.9 Å². The highest BCUT2D eigenvalue weighted by Crippen LogP contribution is 2.26. The second-order valence-electron chi connectivity index (χ2n) is 5.20. The lowest BCUT2D eigenvalue weighted by Crippen LogP contribution is -2.19. The first-order chi connectivity index (χ1) is 11.6. The van der Waals surface area contributed by atoms with Gasteiger partial charge in [0.25, 0.3) is 5.91 Å². The molecule has 1 aliphatic heterocycles. The van der Waals surface area contributed by atoms with Gasteiger partial charge in [-0.3, -0.25) is 4.79 Å². The molecule has 122 valence electrons. The quantitative estimate of drug-likeness (QED) is 0.887. The molecule has 2 aliphatic rings. The molecule has 0 unspecified atom stereocenters. The molecule has 1 aromatic rings. The molecule has 0 saturated carbocycles. The third-order valence-electron chi connectivity index (χ3n) is 3.51. The van der Waals surface area contributed by atoms with Crippen molar-refractivity contribution in [2.45, 2.75) is 12.8 Å². The van der Waals surface area contributed by atoms with Gasteiger partial charge in [0.05, 0.1) is 5.56 Å². The Labute approximate surface area is 138 Å². The summed E-state index contributed by atoms with van der Waals surface area (Å²) >= 11 is 0. The zero-order chi connectivity index (χ0) is 16.9. The standard InChI is InChI=1S/C18H15NO5/c20-17(19-14-8-6-13(7-9-14)18(21)22)16-11-23-10-15(24-16)12-4-2-1-3-5-12/h1-2,4,6-11H,3,5H2,(H,19,20)(H,21,22). The Hall–Kier alpha value is -3.28.